The molecule has 2 aromatic rings. The van der Waals surface area contributed by atoms with Gasteiger partial charge in [0.2, 0.25) is 0 Å². The molecule has 0 aliphatic carbocycles. The molecule has 0 fully saturated rings. The molecule has 3 rings (SSSR count). The van der Waals surface area contributed by atoms with Gasteiger partial charge in [-0.1, -0.05) is 15.9 Å². The van der Waals surface area contributed by atoms with Gasteiger partial charge in [0, 0.05) is 21.4 Å². The van der Waals surface area contributed by atoms with E-state index in [0.717, 1.165) is 4.47 Å². The molecule has 1 aliphatic rings. The van der Waals surface area contributed by atoms with E-state index in [1.165, 1.54) is 12.0 Å². The van der Waals surface area contributed by atoms with Crippen LogP contribution in [-0.2, 0) is 14.3 Å². The number of hydrogen-bond donors (Lipinski definition) is 0. The molecule has 30 heavy (non-hydrogen) atoms. The number of allylic oxidation sites excluding steroid dienone is 1. The standard InChI is InChI=1S/C23H22BrNO5/c1-5-30-18-9-7-17(8-10-18)25-14(2)21(23(27)29-4)19(22(25)26)13-15-12-16(24)6-11-20(15)28-3/h6-13H,5H2,1-4H3/b19-13-. The Morgan fingerprint density at radius 1 is 1.13 bits per heavy atom. The molecule has 0 unspecified atom stereocenters. The van der Waals surface area contributed by atoms with Crippen LogP contribution in [0.2, 0.25) is 0 Å². The van der Waals surface area contributed by atoms with Gasteiger partial charge in [-0.3, -0.25) is 9.69 Å². The molecule has 0 aromatic heterocycles. The highest BCUT2D eigenvalue weighted by Gasteiger charge is 2.38. The first-order valence-electron chi connectivity index (χ1n) is 9.33. The lowest BCUT2D eigenvalue weighted by Crippen LogP contribution is -2.24. The molecule has 0 N–H and O–H groups in total. The highest BCUT2D eigenvalue weighted by Crippen LogP contribution is 2.37. The Kier molecular flexibility index (Phi) is 6.62. The van der Waals surface area contributed by atoms with E-state index in [1.54, 1.807) is 50.4 Å². The van der Waals surface area contributed by atoms with Crippen molar-refractivity contribution in [3.63, 3.8) is 0 Å². The second kappa shape index (κ2) is 9.17. The summed E-state index contributed by atoms with van der Waals surface area (Å²) in [6, 6.07) is 12.6. The number of rotatable bonds is 6. The van der Waals surface area contributed by atoms with Gasteiger partial charge in [-0.05, 0) is 62.4 Å². The fourth-order valence-corrected chi connectivity index (χ4v) is 3.70. The van der Waals surface area contributed by atoms with Crippen molar-refractivity contribution in [3.05, 3.63) is 69.3 Å². The Bertz CT molecular complexity index is 1040. The van der Waals surface area contributed by atoms with Crippen molar-refractivity contribution in [3.8, 4) is 11.5 Å². The van der Waals surface area contributed by atoms with Crippen LogP contribution in [-0.4, -0.2) is 32.7 Å². The quantitative estimate of drug-likeness (QED) is 0.449. The Morgan fingerprint density at radius 2 is 1.83 bits per heavy atom. The molecule has 1 aliphatic heterocycles. The van der Waals surface area contributed by atoms with Gasteiger partial charge in [0.25, 0.3) is 5.91 Å². The summed E-state index contributed by atoms with van der Waals surface area (Å²) < 4.78 is 16.7. The minimum atomic E-state index is -0.575. The molecule has 0 saturated carbocycles. The van der Waals surface area contributed by atoms with E-state index in [0.29, 0.717) is 35.1 Å². The summed E-state index contributed by atoms with van der Waals surface area (Å²) in [5, 5.41) is 0. The maximum absolute atomic E-state index is 13.4. The smallest absolute Gasteiger partial charge is 0.340 e. The fraction of sp³-hybridized carbons (Fsp3) is 0.217. The summed E-state index contributed by atoms with van der Waals surface area (Å²) in [4.78, 5) is 27.4. The molecular weight excluding hydrogens is 450 g/mol. The molecule has 0 saturated heterocycles. The van der Waals surface area contributed by atoms with Crippen molar-refractivity contribution < 1.29 is 23.8 Å². The fourth-order valence-electron chi connectivity index (χ4n) is 3.32. The highest BCUT2D eigenvalue weighted by atomic mass is 79.9. The Morgan fingerprint density at radius 3 is 2.43 bits per heavy atom. The number of anilines is 1. The predicted octanol–water partition coefficient (Wildman–Crippen LogP) is 4.73. The number of esters is 1. The number of methoxy groups -OCH3 is 2. The molecular formula is C23H22BrNO5. The van der Waals surface area contributed by atoms with E-state index in [4.69, 9.17) is 14.2 Å². The van der Waals surface area contributed by atoms with Crippen LogP contribution in [0.1, 0.15) is 19.4 Å². The molecule has 1 heterocycles. The summed E-state index contributed by atoms with van der Waals surface area (Å²) >= 11 is 3.43. The number of benzene rings is 2. The molecule has 0 spiro atoms. The second-order valence-electron chi connectivity index (χ2n) is 6.46. The van der Waals surface area contributed by atoms with Gasteiger partial charge in [-0.2, -0.15) is 0 Å². The molecule has 7 heteroatoms. The van der Waals surface area contributed by atoms with E-state index >= 15 is 0 Å². The number of amides is 1. The van der Waals surface area contributed by atoms with Gasteiger partial charge in [0.05, 0.1) is 32.0 Å². The number of carbonyl (C=O) groups is 2. The third-order valence-electron chi connectivity index (χ3n) is 4.69. The molecule has 0 atom stereocenters. The Hall–Kier alpha value is -3.06. The lowest BCUT2D eigenvalue weighted by atomic mass is 10.0. The monoisotopic (exact) mass is 471 g/mol. The number of carbonyl (C=O) groups excluding carboxylic acids is 2. The average molecular weight is 472 g/mol. The first-order valence-corrected chi connectivity index (χ1v) is 10.1. The molecule has 0 bridgehead atoms. The largest absolute Gasteiger partial charge is 0.496 e. The zero-order valence-corrected chi connectivity index (χ0v) is 18.8. The van der Waals surface area contributed by atoms with Crippen LogP contribution in [0.25, 0.3) is 6.08 Å². The van der Waals surface area contributed by atoms with E-state index in [-0.39, 0.29) is 17.1 Å². The SMILES string of the molecule is CCOc1ccc(N2C(=O)/C(=C\c3cc(Br)ccc3OC)C(C(=O)OC)=C2C)cc1. The molecule has 1 amide bonds. The maximum Gasteiger partial charge on any atom is 0.340 e. The predicted molar refractivity (Wildman–Crippen MR) is 118 cm³/mol. The van der Waals surface area contributed by atoms with Crippen molar-refractivity contribution in [2.45, 2.75) is 13.8 Å². The van der Waals surface area contributed by atoms with Gasteiger partial charge in [-0.25, -0.2) is 4.79 Å². The maximum atomic E-state index is 13.4. The third kappa shape index (κ3) is 4.11. The van der Waals surface area contributed by atoms with Crippen molar-refractivity contribution in [1.82, 2.24) is 0 Å². The van der Waals surface area contributed by atoms with Crippen molar-refractivity contribution >= 4 is 39.6 Å². The zero-order valence-electron chi connectivity index (χ0n) is 17.2. The first kappa shape index (κ1) is 21.6. The minimum absolute atomic E-state index is 0.221. The van der Waals surface area contributed by atoms with Crippen molar-refractivity contribution in [2.24, 2.45) is 0 Å². The van der Waals surface area contributed by atoms with Crippen LogP contribution >= 0.6 is 15.9 Å². The van der Waals surface area contributed by atoms with Gasteiger partial charge < -0.3 is 14.2 Å². The topological polar surface area (TPSA) is 65.1 Å². The van der Waals surface area contributed by atoms with Crippen LogP contribution in [0.3, 0.4) is 0 Å². The summed E-state index contributed by atoms with van der Waals surface area (Å²) in [6.07, 6.45) is 1.65. The van der Waals surface area contributed by atoms with Crippen molar-refractivity contribution in [2.75, 3.05) is 25.7 Å². The Labute approximate surface area is 183 Å². The summed E-state index contributed by atoms with van der Waals surface area (Å²) in [6.45, 7) is 4.18. The van der Waals surface area contributed by atoms with Crippen LogP contribution in [0.5, 0.6) is 11.5 Å². The van der Waals surface area contributed by atoms with E-state index in [2.05, 4.69) is 15.9 Å². The summed E-state index contributed by atoms with van der Waals surface area (Å²) in [5.41, 5.74) is 2.25. The lowest BCUT2D eigenvalue weighted by molar-refractivity contribution is -0.136. The highest BCUT2D eigenvalue weighted by molar-refractivity contribution is 9.10. The van der Waals surface area contributed by atoms with Gasteiger partial charge in [0.1, 0.15) is 11.5 Å². The second-order valence-corrected chi connectivity index (χ2v) is 7.38. The summed E-state index contributed by atoms with van der Waals surface area (Å²) in [7, 11) is 2.85. The zero-order chi connectivity index (χ0) is 21.8. The van der Waals surface area contributed by atoms with Crippen molar-refractivity contribution in [1.29, 1.82) is 0 Å². The number of hydrogen-bond acceptors (Lipinski definition) is 5. The number of halogens is 1. The molecule has 2 aromatic carbocycles. The van der Waals surface area contributed by atoms with E-state index < -0.39 is 5.97 Å². The number of nitrogens with zero attached hydrogens (tertiary/aromatic N) is 1. The first-order chi connectivity index (χ1) is 14.4. The van der Waals surface area contributed by atoms with Crippen LogP contribution in [0.4, 0.5) is 5.69 Å². The molecule has 0 radical (unpaired) electrons. The third-order valence-corrected chi connectivity index (χ3v) is 5.18. The van der Waals surface area contributed by atoms with Gasteiger partial charge in [-0.15, -0.1) is 0 Å². The van der Waals surface area contributed by atoms with Crippen LogP contribution in [0, 0.1) is 0 Å². The van der Waals surface area contributed by atoms with Gasteiger partial charge >= 0.3 is 5.97 Å². The van der Waals surface area contributed by atoms with E-state index in [1.807, 2.05) is 19.1 Å². The van der Waals surface area contributed by atoms with Gasteiger partial charge in [0.15, 0.2) is 0 Å². The average Bonchev–Trinajstić information content (AvgIpc) is 2.98. The lowest BCUT2D eigenvalue weighted by Gasteiger charge is -2.18. The molecule has 156 valence electrons. The normalized spacial score (nSPS) is 15.0. The molecule has 6 nitrogen and oxygen atoms in total. The Balaban J connectivity index is 2.11. The number of ether oxygens (including phenoxy) is 3. The van der Waals surface area contributed by atoms with E-state index in [9.17, 15) is 9.59 Å². The summed E-state index contributed by atoms with van der Waals surface area (Å²) in [5.74, 6) is 0.394. The minimum Gasteiger partial charge on any atom is -0.496 e. The van der Waals surface area contributed by atoms with Crippen LogP contribution < -0.4 is 14.4 Å². The van der Waals surface area contributed by atoms with Crippen LogP contribution in [0.15, 0.2) is 63.8 Å².